The molecular formula is C46H45ClN8O6S2. The molecule has 0 amide bonds. The van der Waals surface area contributed by atoms with Crippen LogP contribution in [0, 0.1) is 13.8 Å². The smallest absolute Gasteiger partial charge is 0.263 e. The van der Waals surface area contributed by atoms with Gasteiger partial charge in [-0.15, -0.1) is 0 Å². The number of pyridine rings is 2. The van der Waals surface area contributed by atoms with Crippen molar-refractivity contribution in [3.63, 3.8) is 0 Å². The van der Waals surface area contributed by atoms with Crippen LogP contribution in [0.1, 0.15) is 50.2 Å². The summed E-state index contributed by atoms with van der Waals surface area (Å²) in [5, 5.41) is 10.8. The van der Waals surface area contributed by atoms with Gasteiger partial charge in [0.2, 0.25) is 0 Å². The van der Waals surface area contributed by atoms with Gasteiger partial charge in [0.1, 0.15) is 34.3 Å². The van der Waals surface area contributed by atoms with Gasteiger partial charge in [-0.1, -0.05) is 12.1 Å². The van der Waals surface area contributed by atoms with Crippen LogP contribution in [0.5, 0.6) is 11.5 Å². The molecule has 17 heteroatoms. The Bertz CT molecular complexity index is 3260. The number of fused-ring (bicyclic) bond motifs is 4. The van der Waals surface area contributed by atoms with Crippen LogP contribution < -0.4 is 19.9 Å². The second kappa shape index (κ2) is 16.3. The highest BCUT2D eigenvalue weighted by Gasteiger charge is 2.32. The number of nitrogens with two attached hydrogens (primary N) is 1. The van der Waals surface area contributed by atoms with Crippen LogP contribution in [-0.4, -0.2) is 57.6 Å². The predicted molar refractivity (Wildman–Crippen MR) is 245 cm³/mol. The lowest BCUT2D eigenvalue weighted by atomic mass is 10.0. The van der Waals surface area contributed by atoms with E-state index in [1.807, 2.05) is 108 Å². The summed E-state index contributed by atoms with van der Waals surface area (Å²) in [6.07, 6.45) is 4.86. The molecule has 4 aromatic heterocycles. The van der Waals surface area contributed by atoms with E-state index in [2.05, 4.69) is 24.9 Å². The van der Waals surface area contributed by atoms with Crippen LogP contribution in [-0.2, 0) is 31.9 Å². The van der Waals surface area contributed by atoms with Crippen molar-refractivity contribution in [1.82, 2.24) is 29.5 Å². The van der Waals surface area contributed by atoms with Crippen molar-refractivity contribution in [2.75, 3.05) is 10.5 Å². The molecule has 8 aromatic rings. The van der Waals surface area contributed by atoms with Crippen molar-refractivity contribution in [2.45, 2.75) is 75.4 Å². The molecule has 6 heterocycles. The van der Waals surface area contributed by atoms with Crippen molar-refractivity contribution in [3.8, 4) is 22.9 Å². The summed E-state index contributed by atoms with van der Waals surface area (Å²) in [5.41, 5.74) is 12.2. The number of nitrogens with zero attached hydrogens (tertiary/aromatic N) is 6. The van der Waals surface area contributed by atoms with E-state index in [9.17, 15) is 16.8 Å². The first-order valence-corrected chi connectivity index (χ1v) is 23.7. The quantitative estimate of drug-likeness (QED) is 0.152. The molecular weight excluding hydrogens is 860 g/mol. The molecule has 0 unspecified atom stereocenters. The first kappa shape index (κ1) is 43.2. The van der Waals surface area contributed by atoms with Crippen molar-refractivity contribution >= 4 is 63.2 Å². The number of ether oxygens (including phenoxy) is 2. The first-order chi connectivity index (χ1) is 29.7. The third-order valence-corrected chi connectivity index (χ3v) is 13.0. The number of nitrogens with one attached hydrogen (secondary N) is 1. The third kappa shape index (κ3) is 9.33. The highest BCUT2D eigenvalue weighted by Crippen LogP contribution is 2.38. The average molecular weight is 906 g/mol. The normalized spacial score (nSPS) is 14.7. The molecule has 0 spiro atoms. The van der Waals surface area contributed by atoms with Gasteiger partial charge < -0.3 is 15.2 Å². The maximum Gasteiger partial charge on any atom is 0.263 e. The number of anilines is 2. The van der Waals surface area contributed by atoms with Gasteiger partial charge >= 0.3 is 0 Å². The molecule has 10 rings (SSSR count). The van der Waals surface area contributed by atoms with Gasteiger partial charge in [0.25, 0.3) is 19.1 Å². The fourth-order valence-electron chi connectivity index (χ4n) is 7.70. The zero-order valence-corrected chi connectivity index (χ0v) is 37.8. The Labute approximate surface area is 370 Å². The molecule has 63 heavy (non-hydrogen) atoms. The molecule has 4 aromatic carbocycles. The van der Waals surface area contributed by atoms with Gasteiger partial charge in [0.15, 0.2) is 0 Å². The summed E-state index contributed by atoms with van der Waals surface area (Å²) >= 11 is 0. The summed E-state index contributed by atoms with van der Waals surface area (Å²) in [4.78, 5) is 9.02. The maximum atomic E-state index is 13.2. The maximum absolute atomic E-state index is 13.2. The number of aromatic nitrogens is 6. The van der Waals surface area contributed by atoms with E-state index in [-0.39, 0.29) is 21.0 Å². The van der Waals surface area contributed by atoms with Gasteiger partial charge in [0, 0.05) is 58.8 Å². The second-order valence-corrected chi connectivity index (χ2v) is 20.8. The van der Waals surface area contributed by atoms with Crippen molar-refractivity contribution in [1.29, 1.82) is 0 Å². The molecule has 0 saturated carbocycles. The number of halogens is 1. The fraction of sp³-hybridized carbons (Fsp3) is 0.217. The van der Waals surface area contributed by atoms with Crippen LogP contribution >= 0.6 is 10.7 Å². The van der Waals surface area contributed by atoms with Crippen LogP contribution in [0.2, 0.25) is 0 Å². The number of sulfonamides is 1. The molecule has 324 valence electrons. The number of hydrogen-bond acceptors (Lipinski definition) is 11. The number of rotatable bonds is 6. The summed E-state index contributed by atoms with van der Waals surface area (Å²) in [6, 6.07) is 32.6. The monoisotopic (exact) mass is 904 g/mol. The molecule has 0 atom stereocenters. The van der Waals surface area contributed by atoms with Crippen LogP contribution in [0.4, 0.5) is 11.6 Å². The first-order valence-electron chi connectivity index (χ1n) is 19.9. The zero-order chi connectivity index (χ0) is 44.9. The number of aryl methyl sites for hydroxylation is 2. The van der Waals surface area contributed by atoms with Crippen LogP contribution in [0.3, 0.4) is 0 Å². The minimum absolute atomic E-state index is 0.129. The minimum atomic E-state index is -3.82. The summed E-state index contributed by atoms with van der Waals surface area (Å²) in [7, 11) is -2.21. The highest BCUT2D eigenvalue weighted by molar-refractivity contribution is 8.13. The topological polar surface area (TPSA) is 186 Å². The third-order valence-electron chi connectivity index (χ3n) is 10.3. The molecule has 0 saturated heterocycles. The lowest BCUT2D eigenvalue weighted by molar-refractivity contribution is 0.138. The molecule has 2 aliphatic heterocycles. The Morgan fingerprint density at radius 3 is 1.65 bits per heavy atom. The molecule has 14 nitrogen and oxygen atoms in total. The Balaban J connectivity index is 0.000000143. The molecule has 0 bridgehead atoms. The zero-order valence-electron chi connectivity index (χ0n) is 35.4. The van der Waals surface area contributed by atoms with Gasteiger partial charge in [-0.25, -0.2) is 26.2 Å². The molecule has 0 fully saturated rings. The standard InChI is InChI=1S/C23H22N4O3S.C13H12N4.C10H11ClO3S/c1-15-12-22(27(25-15)20-8-4-7-19-18(20)6-5-11-24-19)26-31(28,29)17-9-10-21-16(13-17)14-23(2,3)30-21;1-9-8-13(14)17(16-9)12-6-2-5-11-10(12)4-3-7-15-11;1-10(2)6-7-5-8(15(11,12)13)3-4-9(7)14-10/h4-13,26H,14H2,1-3H3;2-8H,14H2,1H3;3-5H,6H2,1-2H3. The lowest BCUT2D eigenvalue weighted by Gasteiger charge is -2.16. The number of nitrogen functional groups attached to an aromatic ring is 1. The van der Waals surface area contributed by atoms with Gasteiger partial charge in [-0.3, -0.25) is 14.7 Å². The van der Waals surface area contributed by atoms with E-state index in [1.54, 1.807) is 58.2 Å². The average Bonchev–Trinajstić information content (AvgIpc) is 3.95. The van der Waals surface area contributed by atoms with E-state index >= 15 is 0 Å². The highest BCUT2D eigenvalue weighted by atomic mass is 35.7. The summed E-state index contributed by atoms with van der Waals surface area (Å²) in [5.74, 6) is 2.47. The van der Waals surface area contributed by atoms with Gasteiger partial charge in [-0.2, -0.15) is 10.2 Å². The largest absolute Gasteiger partial charge is 0.487 e. The van der Waals surface area contributed by atoms with Crippen LogP contribution in [0.25, 0.3) is 33.2 Å². The fourth-order valence-corrected chi connectivity index (χ4v) is 9.58. The van der Waals surface area contributed by atoms with Crippen molar-refractivity contribution in [3.05, 3.63) is 144 Å². The molecule has 3 N–H and O–H groups in total. The van der Waals surface area contributed by atoms with E-state index in [1.165, 1.54) is 6.07 Å². The van der Waals surface area contributed by atoms with E-state index in [0.29, 0.717) is 30.2 Å². The number of hydrogen-bond donors (Lipinski definition) is 2. The molecule has 0 aliphatic carbocycles. The van der Waals surface area contributed by atoms with Gasteiger partial charge in [0.05, 0.1) is 43.6 Å². The van der Waals surface area contributed by atoms with Gasteiger partial charge in [-0.05, 0) is 138 Å². The van der Waals surface area contributed by atoms with E-state index in [0.717, 1.165) is 61.5 Å². The predicted octanol–water partition coefficient (Wildman–Crippen LogP) is 8.88. The Morgan fingerprint density at radius 1 is 0.635 bits per heavy atom. The minimum Gasteiger partial charge on any atom is -0.487 e. The second-order valence-electron chi connectivity index (χ2n) is 16.6. The summed E-state index contributed by atoms with van der Waals surface area (Å²) in [6.45, 7) is 11.6. The summed E-state index contributed by atoms with van der Waals surface area (Å²) < 4.78 is 66.2. The van der Waals surface area contributed by atoms with Crippen LogP contribution in [0.15, 0.2) is 131 Å². The molecule has 0 radical (unpaired) electrons. The number of benzene rings is 4. The Morgan fingerprint density at radius 2 is 1.13 bits per heavy atom. The SMILES string of the molecule is CC1(C)Cc2cc(S(=O)(=O)Cl)ccc2O1.Cc1cc(N)n(-c2cccc3ncccc23)n1.Cc1cc(NS(=O)(=O)c2ccc3c(c2)CC(C)(C)O3)n(-c2cccc3ncccc23)n1. The van der Waals surface area contributed by atoms with Crippen molar-refractivity contribution in [2.24, 2.45) is 0 Å². The molecule has 2 aliphatic rings. The van der Waals surface area contributed by atoms with Crippen molar-refractivity contribution < 1.29 is 26.3 Å². The van der Waals surface area contributed by atoms with E-state index < -0.39 is 19.1 Å². The Kier molecular flexibility index (Phi) is 11.2. The lowest BCUT2D eigenvalue weighted by Crippen LogP contribution is -2.24. The Hall–Kier alpha value is -6.49. The van der Waals surface area contributed by atoms with E-state index in [4.69, 9.17) is 25.9 Å².